The molecule has 0 spiro atoms. The van der Waals surface area contributed by atoms with E-state index in [9.17, 15) is 14.4 Å². The van der Waals surface area contributed by atoms with E-state index >= 15 is 0 Å². The number of hydrogen-bond acceptors (Lipinski definition) is 3. The van der Waals surface area contributed by atoms with Gasteiger partial charge in [-0.15, -0.1) is 0 Å². The molecular formula is C21H31N3O3. The van der Waals surface area contributed by atoms with Crippen LogP contribution in [-0.4, -0.2) is 42.3 Å². The van der Waals surface area contributed by atoms with Gasteiger partial charge in [0.15, 0.2) is 0 Å². The van der Waals surface area contributed by atoms with E-state index in [0.29, 0.717) is 30.9 Å². The zero-order chi connectivity index (χ0) is 20.0. The van der Waals surface area contributed by atoms with E-state index < -0.39 is 5.41 Å². The third-order valence-electron chi connectivity index (χ3n) is 4.68. The summed E-state index contributed by atoms with van der Waals surface area (Å²) in [5, 5.41) is 5.78. The molecule has 0 aliphatic carbocycles. The van der Waals surface area contributed by atoms with Crippen LogP contribution in [0.2, 0.25) is 0 Å². The van der Waals surface area contributed by atoms with Crippen LogP contribution in [0.25, 0.3) is 0 Å². The lowest BCUT2D eigenvalue weighted by atomic mass is 9.95. The molecule has 2 N–H and O–H groups in total. The molecular weight excluding hydrogens is 342 g/mol. The van der Waals surface area contributed by atoms with E-state index in [1.54, 1.807) is 29.2 Å². The van der Waals surface area contributed by atoms with Gasteiger partial charge in [-0.1, -0.05) is 33.8 Å². The predicted octanol–water partition coefficient (Wildman–Crippen LogP) is 3.05. The largest absolute Gasteiger partial charge is 0.356 e. The summed E-state index contributed by atoms with van der Waals surface area (Å²) >= 11 is 0. The number of nitrogens with zero attached hydrogens (tertiary/aromatic N) is 1. The first-order chi connectivity index (χ1) is 12.7. The Morgan fingerprint density at radius 1 is 1.22 bits per heavy atom. The van der Waals surface area contributed by atoms with Gasteiger partial charge in [-0.25, -0.2) is 0 Å². The molecule has 6 nitrogen and oxygen atoms in total. The molecule has 1 fully saturated rings. The lowest BCUT2D eigenvalue weighted by molar-refractivity contribution is -0.126. The summed E-state index contributed by atoms with van der Waals surface area (Å²) in [4.78, 5) is 39.0. The van der Waals surface area contributed by atoms with Crippen molar-refractivity contribution in [1.29, 1.82) is 0 Å². The second-order valence-electron chi connectivity index (χ2n) is 8.17. The molecule has 0 radical (unpaired) electrons. The van der Waals surface area contributed by atoms with Crippen molar-refractivity contribution in [3.05, 3.63) is 29.8 Å². The van der Waals surface area contributed by atoms with Crippen LogP contribution in [0, 0.1) is 11.3 Å². The maximum Gasteiger partial charge on any atom is 0.253 e. The highest BCUT2D eigenvalue weighted by Gasteiger charge is 2.29. The Morgan fingerprint density at radius 3 is 2.63 bits per heavy atom. The van der Waals surface area contributed by atoms with Crippen LogP contribution >= 0.6 is 0 Å². The minimum atomic E-state index is -0.508. The molecule has 1 aliphatic heterocycles. The molecule has 2 rings (SSSR count). The second-order valence-corrected chi connectivity index (χ2v) is 8.17. The average Bonchev–Trinajstić information content (AvgIpc) is 2.65. The number of hydrogen-bond donors (Lipinski definition) is 2. The van der Waals surface area contributed by atoms with Gasteiger partial charge >= 0.3 is 0 Å². The molecule has 0 bridgehead atoms. The summed E-state index contributed by atoms with van der Waals surface area (Å²) in [6.45, 7) is 9.29. The number of rotatable bonds is 5. The SMILES string of the molecule is CCCNC(=O)[C@@H]1CCCN(C(=O)c2cccc(NC(=O)C(C)(C)C)c2)C1. The Kier molecular flexibility index (Phi) is 6.99. The maximum absolute atomic E-state index is 12.9. The highest BCUT2D eigenvalue weighted by Crippen LogP contribution is 2.22. The molecule has 0 aromatic heterocycles. The van der Waals surface area contributed by atoms with E-state index in [0.717, 1.165) is 19.3 Å². The van der Waals surface area contributed by atoms with Crippen LogP contribution in [0.4, 0.5) is 5.69 Å². The molecule has 6 heteroatoms. The standard InChI is InChI=1S/C21H31N3O3/c1-5-11-22-18(25)16-9-7-12-24(14-16)19(26)15-8-6-10-17(13-15)23-20(27)21(2,3)4/h6,8,10,13,16H,5,7,9,11-12,14H2,1-4H3,(H,22,25)(H,23,27)/t16-/m1/s1. The second kappa shape index (κ2) is 9.02. The fourth-order valence-electron chi connectivity index (χ4n) is 3.00. The first-order valence-corrected chi connectivity index (χ1v) is 9.71. The molecule has 1 heterocycles. The predicted molar refractivity (Wildman–Crippen MR) is 106 cm³/mol. The molecule has 1 saturated heterocycles. The van der Waals surface area contributed by atoms with E-state index in [4.69, 9.17) is 0 Å². The third kappa shape index (κ3) is 5.81. The molecule has 1 aromatic rings. The zero-order valence-corrected chi connectivity index (χ0v) is 16.8. The Morgan fingerprint density at radius 2 is 1.96 bits per heavy atom. The highest BCUT2D eigenvalue weighted by atomic mass is 16.2. The normalized spacial score (nSPS) is 17.3. The number of amides is 3. The summed E-state index contributed by atoms with van der Waals surface area (Å²) in [7, 11) is 0. The molecule has 3 amide bonds. The minimum absolute atomic E-state index is 0.0283. The van der Waals surface area contributed by atoms with E-state index in [1.165, 1.54) is 0 Å². The summed E-state index contributed by atoms with van der Waals surface area (Å²) in [5.74, 6) is -0.328. The van der Waals surface area contributed by atoms with Gasteiger partial charge < -0.3 is 15.5 Å². The number of benzene rings is 1. The summed E-state index contributed by atoms with van der Waals surface area (Å²) in [5.41, 5.74) is 0.623. The Hall–Kier alpha value is -2.37. The topological polar surface area (TPSA) is 78.5 Å². The van der Waals surface area contributed by atoms with Crippen molar-refractivity contribution in [2.24, 2.45) is 11.3 Å². The molecule has 148 valence electrons. The quantitative estimate of drug-likeness (QED) is 0.833. The summed E-state index contributed by atoms with van der Waals surface area (Å²) in [6.07, 6.45) is 2.52. The van der Waals surface area contributed by atoms with Crippen LogP contribution in [0.5, 0.6) is 0 Å². The number of likely N-dealkylation sites (tertiary alicyclic amines) is 1. The third-order valence-corrected chi connectivity index (χ3v) is 4.68. The highest BCUT2D eigenvalue weighted by molar-refractivity contribution is 5.98. The van der Waals surface area contributed by atoms with Gasteiger partial charge in [0, 0.05) is 36.3 Å². The van der Waals surface area contributed by atoms with Crippen LogP contribution < -0.4 is 10.6 Å². The molecule has 0 unspecified atom stereocenters. The minimum Gasteiger partial charge on any atom is -0.356 e. The lowest BCUT2D eigenvalue weighted by Gasteiger charge is -2.32. The van der Waals surface area contributed by atoms with Gasteiger partial charge in [-0.2, -0.15) is 0 Å². The maximum atomic E-state index is 12.9. The van der Waals surface area contributed by atoms with Crippen LogP contribution in [-0.2, 0) is 9.59 Å². The monoisotopic (exact) mass is 373 g/mol. The van der Waals surface area contributed by atoms with Crippen molar-refractivity contribution in [2.75, 3.05) is 25.0 Å². The fourth-order valence-corrected chi connectivity index (χ4v) is 3.00. The molecule has 1 atom stereocenters. The van der Waals surface area contributed by atoms with Crippen LogP contribution in [0.3, 0.4) is 0 Å². The molecule has 0 saturated carbocycles. The first-order valence-electron chi connectivity index (χ1n) is 9.71. The van der Waals surface area contributed by atoms with Gasteiger partial charge in [0.1, 0.15) is 0 Å². The van der Waals surface area contributed by atoms with Gasteiger partial charge in [-0.05, 0) is 37.5 Å². The van der Waals surface area contributed by atoms with Gasteiger partial charge in [0.2, 0.25) is 11.8 Å². The van der Waals surface area contributed by atoms with Crippen molar-refractivity contribution in [3.63, 3.8) is 0 Å². The number of nitrogens with one attached hydrogen (secondary N) is 2. The number of anilines is 1. The van der Waals surface area contributed by atoms with Gasteiger partial charge in [-0.3, -0.25) is 14.4 Å². The number of piperidine rings is 1. The summed E-state index contributed by atoms with van der Waals surface area (Å²) < 4.78 is 0. The van der Waals surface area contributed by atoms with Crippen molar-refractivity contribution in [1.82, 2.24) is 10.2 Å². The van der Waals surface area contributed by atoms with Crippen molar-refractivity contribution in [3.8, 4) is 0 Å². The lowest BCUT2D eigenvalue weighted by Crippen LogP contribution is -2.45. The van der Waals surface area contributed by atoms with E-state index in [1.807, 2.05) is 27.7 Å². The Labute approximate surface area is 161 Å². The molecule has 1 aromatic carbocycles. The average molecular weight is 373 g/mol. The van der Waals surface area contributed by atoms with Gasteiger partial charge in [0.05, 0.1) is 5.92 Å². The Bertz CT molecular complexity index is 694. The Balaban J connectivity index is 2.05. The van der Waals surface area contributed by atoms with Gasteiger partial charge in [0.25, 0.3) is 5.91 Å². The van der Waals surface area contributed by atoms with Crippen molar-refractivity contribution >= 4 is 23.4 Å². The van der Waals surface area contributed by atoms with Crippen molar-refractivity contribution < 1.29 is 14.4 Å². The van der Waals surface area contributed by atoms with E-state index in [-0.39, 0.29) is 23.6 Å². The number of carbonyl (C=O) groups excluding carboxylic acids is 3. The summed E-state index contributed by atoms with van der Waals surface area (Å²) in [6, 6.07) is 6.99. The number of carbonyl (C=O) groups is 3. The molecule has 27 heavy (non-hydrogen) atoms. The van der Waals surface area contributed by atoms with E-state index in [2.05, 4.69) is 10.6 Å². The first kappa shape index (κ1) is 20.9. The van der Waals surface area contributed by atoms with Crippen LogP contribution in [0.15, 0.2) is 24.3 Å². The van der Waals surface area contributed by atoms with Crippen molar-refractivity contribution in [2.45, 2.75) is 47.0 Å². The zero-order valence-electron chi connectivity index (χ0n) is 16.8. The van der Waals surface area contributed by atoms with Crippen LogP contribution in [0.1, 0.15) is 57.3 Å². The molecule has 1 aliphatic rings. The smallest absolute Gasteiger partial charge is 0.253 e. The fraction of sp³-hybridized carbons (Fsp3) is 0.571.